The number of aromatic nitrogens is 7. The Hall–Kier alpha value is -4.73. The minimum Gasteiger partial charge on any atom is -0.335 e. The average molecular weight is 464 g/mol. The highest BCUT2D eigenvalue weighted by molar-refractivity contribution is 5.92. The Morgan fingerprint density at radius 1 is 1.17 bits per heavy atom. The normalized spacial score (nSPS) is 14.7. The van der Waals surface area contributed by atoms with Crippen LogP contribution in [0, 0.1) is 0 Å². The Kier molecular flexibility index (Phi) is 5.10. The van der Waals surface area contributed by atoms with E-state index in [1.807, 2.05) is 31.2 Å². The first-order valence-electron chi connectivity index (χ1n) is 11.3. The maximum absolute atomic E-state index is 11.8. The molecule has 0 saturated carbocycles. The van der Waals surface area contributed by atoms with E-state index < -0.39 is 0 Å². The molecule has 0 aromatic carbocycles. The van der Waals surface area contributed by atoms with Gasteiger partial charge in [-0.3, -0.25) is 29.8 Å². The van der Waals surface area contributed by atoms with Crippen molar-refractivity contribution in [3.8, 4) is 22.8 Å². The number of pyridine rings is 3. The summed E-state index contributed by atoms with van der Waals surface area (Å²) in [7, 11) is 0. The molecule has 3 N–H and O–H groups in total. The number of fused-ring (bicyclic) bond motifs is 2. The predicted octanol–water partition coefficient (Wildman–Crippen LogP) is 2.35. The lowest BCUT2D eigenvalue weighted by Crippen LogP contribution is -2.30. The van der Waals surface area contributed by atoms with Gasteiger partial charge in [-0.1, -0.05) is 19.1 Å². The summed E-state index contributed by atoms with van der Waals surface area (Å²) in [6.07, 6.45) is 11.2. The minimum absolute atomic E-state index is 0.0139. The number of rotatable bonds is 5. The third kappa shape index (κ3) is 3.84. The van der Waals surface area contributed by atoms with E-state index in [2.05, 4.69) is 41.5 Å². The van der Waals surface area contributed by atoms with Crippen LogP contribution >= 0.6 is 0 Å². The van der Waals surface area contributed by atoms with Crippen molar-refractivity contribution in [3.63, 3.8) is 0 Å². The number of hydrogen-bond donors (Lipinski definition) is 3. The summed E-state index contributed by atoms with van der Waals surface area (Å²) in [5, 5.41) is 11.3. The smallest absolute Gasteiger partial charge is 0.224 e. The molecule has 1 aliphatic rings. The number of nitrogens with one attached hydrogen (secondary N) is 3. The van der Waals surface area contributed by atoms with E-state index in [9.17, 15) is 4.79 Å². The van der Waals surface area contributed by atoms with E-state index in [0.29, 0.717) is 35.7 Å². The van der Waals surface area contributed by atoms with Gasteiger partial charge in [-0.25, -0.2) is 4.98 Å². The SMILES string of the molecule is CCC(=O)Nc1cncc(C2C=c3c(-c4nc5c(-c6ccccn6)cncc5[nH]4)n[nH]c3=NC2)c1. The Balaban J connectivity index is 1.41. The van der Waals surface area contributed by atoms with Gasteiger partial charge in [0.25, 0.3) is 0 Å². The zero-order chi connectivity index (χ0) is 23.8. The minimum atomic E-state index is -0.0508. The zero-order valence-corrected chi connectivity index (χ0v) is 18.9. The third-order valence-corrected chi connectivity index (χ3v) is 5.95. The number of nitrogens with zero attached hydrogens (tertiary/aromatic N) is 6. The van der Waals surface area contributed by atoms with Crippen molar-refractivity contribution in [2.75, 3.05) is 11.9 Å². The van der Waals surface area contributed by atoms with Crippen LogP contribution in [0.25, 0.3) is 39.9 Å². The standard InChI is InChI=1S/C25H21N9O/c1-2-21(35)30-16-7-14(9-26-11-16)15-8-17-23(33-34-24(17)29-10-15)25-31-20-13-27-12-18(22(20)32-25)19-5-3-4-6-28-19/h3-9,11-13,15H,2,10H2,1H3,(H,29,34)(H,30,35)(H,31,32). The van der Waals surface area contributed by atoms with Crippen LogP contribution in [-0.2, 0) is 4.79 Å². The van der Waals surface area contributed by atoms with Crippen molar-refractivity contribution in [3.05, 3.63) is 71.5 Å². The number of aromatic amines is 2. The van der Waals surface area contributed by atoms with Crippen molar-refractivity contribution in [1.29, 1.82) is 0 Å². The number of hydrogen-bond acceptors (Lipinski definition) is 7. The predicted molar refractivity (Wildman–Crippen MR) is 131 cm³/mol. The molecule has 5 aromatic heterocycles. The van der Waals surface area contributed by atoms with Gasteiger partial charge in [0.05, 0.1) is 35.8 Å². The van der Waals surface area contributed by atoms with Crippen LogP contribution in [0.15, 0.2) is 60.2 Å². The van der Waals surface area contributed by atoms with Gasteiger partial charge < -0.3 is 10.3 Å². The fourth-order valence-electron chi connectivity index (χ4n) is 4.18. The lowest BCUT2D eigenvalue weighted by Gasteiger charge is -2.14. The van der Waals surface area contributed by atoms with Crippen molar-refractivity contribution >= 4 is 28.7 Å². The van der Waals surface area contributed by atoms with Gasteiger partial charge in [0, 0.05) is 41.7 Å². The molecule has 35 heavy (non-hydrogen) atoms. The number of H-pyrrole nitrogens is 2. The lowest BCUT2D eigenvalue weighted by atomic mass is 9.97. The summed E-state index contributed by atoms with van der Waals surface area (Å²) < 4.78 is 0. The Bertz CT molecular complexity index is 1670. The van der Waals surface area contributed by atoms with Gasteiger partial charge in [-0.15, -0.1) is 0 Å². The second-order valence-corrected chi connectivity index (χ2v) is 8.24. The average Bonchev–Trinajstić information content (AvgIpc) is 3.53. The molecule has 6 rings (SSSR count). The summed E-state index contributed by atoms with van der Waals surface area (Å²) in [5.41, 5.74) is 6.25. The summed E-state index contributed by atoms with van der Waals surface area (Å²) in [6.45, 7) is 2.37. The molecule has 5 aromatic rings. The van der Waals surface area contributed by atoms with E-state index in [4.69, 9.17) is 9.98 Å². The summed E-state index contributed by atoms with van der Waals surface area (Å²) in [5.74, 6) is 0.557. The molecule has 1 amide bonds. The zero-order valence-electron chi connectivity index (χ0n) is 18.9. The highest BCUT2D eigenvalue weighted by atomic mass is 16.1. The Labute approximate surface area is 199 Å². The van der Waals surface area contributed by atoms with E-state index in [0.717, 1.165) is 33.1 Å². The summed E-state index contributed by atoms with van der Waals surface area (Å²) in [6, 6.07) is 7.69. The third-order valence-electron chi connectivity index (χ3n) is 5.95. The molecule has 10 heteroatoms. The van der Waals surface area contributed by atoms with Gasteiger partial charge in [-0.05, 0) is 23.8 Å². The molecule has 0 aliphatic carbocycles. The van der Waals surface area contributed by atoms with E-state index in [1.54, 1.807) is 31.0 Å². The van der Waals surface area contributed by atoms with Crippen LogP contribution < -0.4 is 16.0 Å². The molecular formula is C25H21N9O. The molecule has 0 saturated heterocycles. The molecular weight excluding hydrogens is 442 g/mol. The van der Waals surface area contributed by atoms with Crippen molar-refractivity contribution in [1.82, 2.24) is 35.1 Å². The summed E-state index contributed by atoms with van der Waals surface area (Å²) >= 11 is 0. The highest BCUT2D eigenvalue weighted by Crippen LogP contribution is 2.27. The van der Waals surface area contributed by atoms with Gasteiger partial charge >= 0.3 is 0 Å². The lowest BCUT2D eigenvalue weighted by molar-refractivity contribution is -0.115. The molecule has 172 valence electrons. The van der Waals surface area contributed by atoms with Crippen molar-refractivity contribution in [2.45, 2.75) is 19.3 Å². The molecule has 1 unspecified atom stereocenters. The largest absolute Gasteiger partial charge is 0.335 e. The number of carbonyl (C=O) groups excluding carboxylic acids is 1. The van der Waals surface area contributed by atoms with E-state index >= 15 is 0 Å². The van der Waals surface area contributed by atoms with Crippen molar-refractivity contribution < 1.29 is 4.79 Å². The maximum Gasteiger partial charge on any atom is 0.224 e. The van der Waals surface area contributed by atoms with Gasteiger partial charge in [-0.2, -0.15) is 5.10 Å². The highest BCUT2D eigenvalue weighted by Gasteiger charge is 2.19. The first-order chi connectivity index (χ1) is 17.2. The molecule has 1 aliphatic heterocycles. The number of amides is 1. The molecule has 6 heterocycles. The van der Waals surface area contributed by atoms with Crippen LogP contribution in [0.2, 0.25) is 0 Å². The first kappa shape index (κ1) is 20.8. The number of anilines is 1. The van der Waals surface area contributed by atoms with Gasteiger partial charge in [0.2, 0.25) is 5.91 Å². The summed E-state index contributed by atoms with van der Waals surface area (Å²) in [4.78, 5) is 37.8. The second kappa shape index (κ2) is 8.56. The monoisotopic (exact) mass is 463 g/mol. The van der Waals surface area contributed by atoms with Gasteiger partial charge in [0.1, 0.15) is 11.2 Å². The van der Waals surface area contributed by atoms with E-state index in [-0.39, 0.29) is 11.8 Å². The van der Waals surface area contributed by atoms with Crippen molar-refractivity contribution in [2.24, 2.45) is 4.99 Å². The van der Waals surface area contributed by atoms with Crippen LogP contribution in [0.3, 0.4) is 0 Å². The van der Waals surface area contributed by atoms with Crippen LogP contribution in [0.4, 0.5) is 5.69 Å². The number of imidazole rings is 1. The van der Waals surface area contributed by atoms with E-state index in [1.165, 1.54) is 0 Å². The van der Waals surface area contributed by atoms with Crippen LogP contribution in [0.1, 0.15) is 24.8 Å². The second-order valence-electron chi connectivity index (χ2n) is 8.24. The Morgan fingerprint density at radius 2 is 2.09 bits per heavy atom. The fourth-order valence-corrected chi connectivity index (χ4v) is 4.18. The molecule has 0 bridgehead atoms. The Morgan fingerprint density at radius 3 is 2.94 bits per heavy atom. The van der Waals surface area contributed by atoms with Crippen LogP contribution in [-0.4, -0.2) is 47.6 Å². The van der Waals surface area contributed by atoms with Gasteiger partial charge in [0.15, 0.2) is 11.3 Å². The quantitative estimate of drug-likeness (QED) is 0.366. The topological polar surface area (TPSA) is 137 Å². The maximum atomic E-state index is 11.8. The number of carbonyl (C=O) groups is 1. The van der Waals surface area contributed by atoms with Crippen LogP contribution in [0.5, 0.6) is 0 Å². The molecule has 0 fully saturated rings. The molecule has 0 spiro atoms. The molecule has 10 nitrogen and oxygen atoms in total. The fraction of sp³-hybridized carbons (Fsp3) is 0.160. The molecule has 0 radical (unpaired) electrons. The molecule has 1 atom stereocenters. The first-order valence-corrected chi connectivity index (χ1v) is 11.3.